The van der Waals surface area contributed by atoms with Crippen molar-refractivity contribution in [3.63, 3.8) is 0 Å². The molecule has 1 heterocycles. The predicted molar refractivity (Wildman–Crippen MR) is 79.6 cm³/mol. The first-order valence-electron chi connectivity index (χ1n) is 7.21. The number of hydrogen-bond acceptors (Lipinski definition) is 3. The number of nitrogens with one attached hydrogen (secondary N) is 1. The van der Waals surface area contributed by atoms with Gasteiger partial charge in [-0.3, -0.25) is 0 Å². The smallest absolute Gasteiger partial charge is 0.115 e. The maximum atomic E-state index is 9.36. The Kier molecular flexibility index (Phi) is 3.79. The number of methoxy groups -OCH3 is 1. The zero-order valence-corrected chi connectivity index (χ0v) is 11.9. The number of allylic oxidation sites excluding steroid dienone is 2. The summed E-state index contributed by atoms with van der Waals surface area (Å²) in [7, 11) is 1.76. The van der Waals surface area contributed by atoms with E-state index in [0.29, 0.717) is 11.8 Å². The Morgan fingerprint density at radius 3 is 2.85 bits per heavy atom. The average molecular weight is 271 g/mol. The molecule has 0 aromatic heterocycles. The van der Waals surface area contributed by atoms with Crippen LogP contribution in [-0.4, -0.2) is 24.8 Å². The lowest BCUT2D eigenvalue weighted by Crippen LogP contribution is -2.39. The van der Waals surface area contributed by atoms with Crippen molar-refractivity contribution in [2.24, 2.45) is 0 Å². The van der Waals surface area contributed by atoms with E-state index in [1.807, 2.05) is 12.1 Å². The molecule has 3 rings (SSSR count). The van der Waals surface area contributed by atoms with E-state index in [0.717, 1.165) is 38.0 Å². The molecule has 0 saturated carbocycles. The summed E-state index contributed by atoms with van der Waals surface area (Å²) < 4.78 is 5.39. The van der Waals surface area contributed by atoms with Gasteiger partial charge in [0.2, 0.25) is 0 Å². The van der Waals surface area contributed by atoms with Gasteiger partial charge in [0.1, 0.15) is 5.75 Å². The molecule has 1 aromatic carbocycles. The van der Waals surface area contributed by atoms with E-state index >= 15 is 0 Å². The first kappa shape index (κ1) is 13.3. The van der Waals surface area contributed by atoms with Gasteiger partial charge >= 0.3 is 0 Å². The standard InChI is InChI=1S/C17H21NO2/c1-20-15-6-7-16-13(11-15)8-9-18-17(16)10-12-2-4-14(19)5-3-12/h2-6,17-19H,7-11H2,1H3/t17-/m0/s1. The van der Waals surface area contributed by atoms with E-state index in [1.165, 1.54) is 11.1 Å². The van der Waals surface area contributed by atoms with Gasteiger partial charge in [-0.15, -0.1) is 0 Å². The first-order chi connectivity index (χ1) is 9.76. The monoisotopic (exact) mass is 271 g/mol. The zero-order valence-electron chi connectivity index (χ0n) is 11.9. The number of benzene rings is 1. The summed E-state index contributed by atoms with van der Waals surface area (Å²) in [6.07, 6.45) is 6.28. The second kappa shape index (κ2) is 5.71. The quantitative estimate of drug-likeness (QED) is 0.831. The number of hydrogen-bond donors (Lipinski definition) is 2. The second-order valence-electron chi connectivity index (χ2n) is 5.51. The van der Waals surface area contributed by atoms with Gasteiger partial charge in [-0.1, -0.05) is 17.7 Å². The number of aromatic hydroxyl groups is 1. The predicted octanol–water partition coefficient (Wildman–Crippen LogP) is 2.92. The van der Waals surface area contributed by atoms with Crippen molar-refractivity contribution in [2.75, 3.05) is 13.7 Å². The summed E-state index contributed by atoms with van der Waals surface area (Å²) >= 11 is 0. The molecule has 1 aliphatic heterocycles. The summed E-state index contributed by atoms with van der Waals surface area (Å²) in [4.78, 5) is 0. The molecule has 1 aromatic rings. The van der Waals surface area contributed by atoms with E-state index in [2.05, 4.69) is 11.4 Å². The fourth-order valence-electron chi connectivity index (χ4n) is 3.14. The topological polar surface area (TPSA) is 41.5 Å². The van der Waals surface area contributed by atoms with Crippen LogP contribution in [0.25, 0.3) is 0 Å². The third kappa shape index (κ3) is 2.73. The minimum absolute atomic E-state index is 0.329. The van der Waals surface area contributed by atoms with Gasteiger partial charge in [-0.25, -0.2) is 0 Å². The highest BCUT2D eigenvalue weighted by atomic mass is 16.5. The Bertz CT molecular complexity index is 543. The Morgan fingerprint density at radius 2 is 2.10 bits per heavy atom. The molecule has 0 amide bonds. The van der Waals surface area contributed by atoms with E-state index < -0.39 is 0 Å². The van der Waals surface area contributed by atoms with Crippen molar-refractivity contribution in [3.8, 4) is 5.75 Å². The van der Waals surface area contributed by atoms with Gasteiger partial charge in [0.05, 0.1) is 12.9 Å². The second-order valence-corrected chi connectivity index (χ2v) is 5.51. The molecule has 106 valence electrons. The minimum atomic E-state index is 0.329. The number of rotatable bonds is 3. The molecule has 0 radical (unpaired) electrons. The summed E-state index contributed by atoms with van der Waals surface area (Å²) in [5.74, 6) is 1.43. The highest BCUT2D eigenvalue weighted by Crippen LogP contribution is 2.32. The van der Waals surface area contributed by atoms with Gasteiger partial charge in [0, 0.05) is 12.5 Å². The number of ether oxygens (including phenoxy) is 1. The van der Waals surface area contributed by atoms with Crippen LogP contribution in [-0.2, 0) is 11.2 Å². The Morgan fingerprint density at radius 1 is 1.30 bits per heavy atom. The van der Waals surface area contributed by atoms with Gasteiger partial charge in [-0.05, 0) is 55.2 Å². The van der Waals surface area contributed by atoms with E-state index in [4.69, 9.17) is 4.74 Å². The largest absolute Gasteiger partial charge is 0.508 e. The third-order valence-corrected chi connectivity index (χ3v) is 4.27. The Balaban J connectivity index is 1.75. The molecule has 3 heteroatoms. The van der Waals surface area contributed by atoms with Crippen molar-refractivity contribution in [2.45, 2.75) is 31.7 Å². The van der Waals surface area contributed by atoms with Crippen molar-refractivity contribution >= 4 is 0 Å². The number of phenols is 1. The third-order valence-electron chi connectivity index (χ3n) is 4.27. The molecule has 1 aliphatic carbocycles. The highest BCUT2D eigenvalue weighted by molar-refractivity contribution is 5.35. The summed E-state index contributed by atoms with van der Waals surface area (Å²) in [6, 6.07) is 7.95. The Labute approximate surface area is 120 Å². The maximum Gasteiger partial charge on any atom is 0.115 e. The molecule has 0 unspecified atom stereocenters. The van der Waals surface area contributed by atoms with Crippen LogP contribution < -0.4 is 5.32 Å². The molecular weight excluding hydrogens is 250 g/mol. The van der Waals surface area contributed by atoms with E-state index in [1.54, 1.807) is 24.8 Å². The van der Waals surface area contributed by atoms with Crippen LogP contribution in [0.4, 0.5) is 0 Å². The van der Waals surface area contributed by atoms with Crippen molar-refractivity contribution in [3.05, 3.63) is 52.8 Å². The fourth-order valence-corrected chi connectivity index (χ4v) is 3.14. The van der Waals surface area contributed by atoms with Crippen LogP contribution in [0, 0.1) is 0 Å². The summed E-state index contributed by atoms with van der Waals surface area (Å²) in [5.41, 5.74) is 4.34. The van der Waals surface area contributed by atoms with E-state index in [-0.39, 0.29) is 0 Å². The molecule has 2 aliphatic rings. The highest BCUT2D eigenvalue weighted by Gasteiger charge is 2.25. The number of phenolic OH excluding ortho intramolecular Hbond substituents is 1. The summed E-state index contributed by atoms with van der Waals surface area (Å²) in [6.45, 7) is 1.04. The van der Waals surface area contributed by atoms with Crippen LogP contribution in [0.1, 0.15) is 24.8 Å². The summed E-state index contributed by atoms with van der Waals surface area (Å²) in [5, 5.41) is 13.0. The first-order valence-corrected chi connectivity index (χ1v) is 7.21. The molecule has 0 fully saturated rings. The average Bonchev–Trinajstić information content (AvgIpc) is 2.49. The lowest BCUT2D eigenvalue weighted by atomic mass is 9.84. The van der Waals surface area contributed by atoms with Crippen molar-refractivity contribution < 1.29 is 9.84 Å². The van der Waals surface area contributed by atoms with E-state index in [9.17, 15) is 5.11 Å². The lowest BCUT2D eigenvalue weighted by molar-refractivity contribution is 0.276. The Hall–Kier alpha value is -1.74. The van der Waals surface area contributed by atoms with Gasteiger partial charge in [-0.2, -0.15) is 0 Å². The molecule has 1 atom stereocenters. The van der Waals surface area contributed by atoms with Gasteiger partial charge < -0.3 is 15.2 Å². The van der Waals surface area contributed by atoms with Crippen molar-refractivity contribution in [1.29, 1.82) is 0 Å². The molecule has 20 heavy (non-hydrogen) atoms. The van der Waals surface area contributed by atoms with Gasteiger partial charge in [0.25, 0.3) is 0 Å². The van der Waals surface area contributed by atoms with Crippen LogP contribution in [0.5, 0.6) is 5.75 Å². The van der Waals surface area contributed by atoms with Crippen LogP contribution >= 0.6 is 0 Å². The molecular formula is C17H21NO2. The SMILES string of the molecule is COC1=CCC2=C(CCN[C@H]2Cc2ccc(O)cc2)C1. The van der Waals surface area contributed by atoms with Crippen LogP contribution in [0.15, 0.2) is 47.2 Å². The van der Waals surface area contributed by atoms with Crippen molar-refractivity contribution in [1.82, 2.24) is 5.32 Å². The lowest BCUT2D eigenvalue weighted by Gasteiger charge is -2.32. The minimum Gasteiger partial charge on any atom is -0.508 e. The molecule has 0 bridgehead atoms. The molecule has 0 saturated heterocycles. The zero-order chi connectivity index (χ0) is 13.9. The van der Waals surface area contributed by atoms with Crippen LogP contribution in [0.2, 0.25) is 0 Å². The molecule has 0 spiro atoms. The van der Waals surface area contributed by atoms with Crippen LogP contribution in [0.3, 0.4) is 0 Å². The fraction of sp³-hybridized carbons (Fsp3) is 0.412. The van der Waals surface area contributed by atoms with Gasteiger partial charge in [0.15, 0.2) is 0 Å². The maximum absolute atomic E-state index is 9.36. The molecule has 2 N–H and O–H groups in total. The normalized spacial score (nSPS) is 22.2. The molecule has 3 nitrogen and oxygen atoms in total.